The summed E-state index contributed by atoms with van der Waals surface area (Å²) in [7, 11) is 0. The van der Waals surface area contributed by atoms with Crippen molar-refractivity contribution in [1.29, 1.82) is 0 Å². The molecule has 0 aromatic rings. The molecule has 2 atom stereocenters. The van der Waals surface area contributed by atoms with E-state index in [-0.39, 0.29) is 5.44 Å². The van der Waals surface area contributed by atoms with E-state index in [1.165, 1.54) is 6.42 Å². The summed E-state index contributed by atoms with van der Waals surface area (Å²) in [5.74, 6) is 0. The van der Waals surface area contributed by atoms with Gasteiger partial charge in [0.25, 0.3) is 0 Å². The third kappa shape index (κ3) is 1.10. The molecule has 1 saturated heterocycles. The fraction of sp³-hybridized carbons (Fsp3) is 1.00. The molecule has 1 N–H and O–H groups in total. The number of thioether (sulfide) groups is 1. The highest BCUT2D eigenvalue weighted by atomic mass is 32.2. The molecule has 1 nitrogen and oxygen atoms in total. The van der Waals surface area contributed by atoms with E-state index in [9.17, 15) is 0 Å². The smallest absolute Gasteiger partial charge is 0.101 e. The SMILES string of the molecule is CCC1CC(O)S1. The normalized spacial score (nSPS) is 40.3. The van der Waals surface area contributed by atoms with Crippen molar-refractivity contribution in [3.8, 4) is 0 Å². The molecular formula is C5H10OS. The molecule has 1 heterocycles. The first-order chi connectivity index (χ1) is 3.33. The maximum Gasteiger partial charge on any atom is 0.101 e. The molecule has 7 heavy (non-hydrogen) atoms. The van der Waals surface area contributed by atoms with Gasteiger partial charge in [0, 0.05) is 5.25 Å². The minimum Gasteiger partial charge on any atom is -0.382 e. The molecule has 0 amide bonds. The van der Waals surface area contributed by atoms with Gasteiger partial charge in [-0.05, 0) is 12.8 Å². The monoisotopic (exact) mass is 118 g/mol. The van der Waals surface area contributed by atoms with Crippen LogP contribution in [-0.2, 0) is 0 Å². The summed E-state index contributed by atoms with van der Waals surface area (Å²) < 4.78 is 0. The Balaban J connectivity index is 2.06. The van der Waals surface area contributed by atoms with E-state index in [0.717, 1.165) is 11.7 Å². The molecule has 0 bridgehead atoms. The van der Waals surface area contributed by atoms with Gasteiger partial charge in [0.1, 0.15) is 5.44 Å². The Kier molecular flexibility index (Phi) is 1.60. The first kappa shape index (κ1) is 5.45. The molecule has 1 rings (SSSR count). The van der Waals surface area contributed by atoms with Gasteiger partial charge >= 0.3 is 0 Å². The number of aliphatic hydroxyl groups is 1. The van der Waals surface area contributed by atoms with Gasteiger partial charge in [-0.3, -0.25) is 0 Å². The molecule has 0 radical (unpaired) electrons. The van der Waals surface area contributed by atoms with Gasteiger partial charge in [-0.1, -0.05) is 6.92 Å². The molecular weight excluding hydrogens is 108 g/mol. The summed E-state index contributed by atoms with van der Waals surface area (Å²) in [6.07, 6.45) is 2.23. The lowest BCUT2D eigenvalue weighted by Crippen LogP contribution is -2.24. The third-order valence-corrected chi connectivity index (χ3v) is 2.69. The Hall–Kier alpha value is 0.310. The van der Waals surface area contributed by atoms with Crippen LogP contribution >= 0.6 is 11.8 Å². The highest BCUT2D eigenvalue weighted by molar-refractivity contribution is 8.01. The van der Waals surface area contributed by atoms with Crippen LogP contribution < -0.4 is 0 Å². The highest BCUT2D eigenvalue weighted by Crippen LogP contribution is 2.36. The predicted octanol–water partition coefficient (Wildman–Crippen LogP) is 1.22. The maximum absolute atomic E-state index is 8.71. The molecule has 2 heteroatoms. The van der Waals surface area contributed by atoms with Crippen molar-refractivity contribution < 1.29 is 5.11 Å². The van der Waals surface area contributed by atoms with E-state index >= 15 is 0 Å². The van der Waals surface area contributed by atoms with E-state index < -0.39 is 0 Å². The fourth-order valence-corrected chi connectivity index (χ4v) is 1.61. The van der Waals surface area contributed by atoms with Crippen molar-refractivity contribution in [2.24, 2.45) is 0 Å². The lowest BCUT2D eigenvalue weighted by molar-refractivity contribution is 0.231. The highest BCUT2D eigenvalue weighted by Gasteiger charge is 2.25. The first-order valence-corrected chi connectivity index (χ1v) is 3.60. The van der Waals surface area contributed by atoms with Gasteiger partial charge in [-0.25, -0.2) is 0 Å². The topological polar surface area (TPSA) is 20.2 Å². The van der Waals surface area contributed by atoms with Gasteiger partial charge in [0.15, 0.2) is 0 Å². The summed E-state index contributed by atoms with van der Waals surface area (Å²) >= 11 is 1.68. The number of aliphatic hydroxyl groups excluding tert-OH is 1. The van der Waals surface area contributed by atoms with E-state index in [0.29, 0.717) is 0 Å². The van der Waals surface area contributed by atoms with Crippen molar-refractivity contribution >= 4 is 11.8 Å². The molecule has 2 unspecified atom stereocenters. The van der Waals surface area contributed by atoms with Gasteiger partial charge in [0.05, 0.1) is 0 Å². The standard InChI is InChI=1S/C5H10OS/c1-2-4-3-5(6)7-4/h4-6H,2-3H2,1H3. The van der Waals surface area contributed by atoms with Crippen LogP contribution in [0, 0.1) is 0 Å². The van der Waals surface area contributed by atoms with Gasteiger partial charge < -0.3 is 5.11 Å². The molecule has 0 aromatic heterocycles. The molecule has 0 aromatic carbocycles. The second kappa shape index (κ2) is 2.05. The average molecular weight is 118 g/mol. The maximum atomic E-state index is 8.71. The Bertz CT molecular complexity index is 59.1. The molecule has 1 aliphatic rings. The van der Waals surface area contributed by atoms with Gasteiger partial charge in [0.2, 0.25) is 0 Å². The summed E-state index contributed by atoms with van der Waals surface area (Å²) in [6, 6.07) is 0. The second-order valence-electron chi connectivity index (χ2n) is 1.86. The fourth-order valence-electron chi connectivity index (χ4n) is 0.699. The van der Waals surface area contributed by atoms with Crippen molar-refractivity contribution in [3.05, 3.63) is 0 Å². The van der Waals surface area contributed by atoms with Crippen LogP contribution in [0.25, 0.3) is 0 Å². The quantitative estimate of drug-likeness (QED) is 0.558. The van der Waals surface area contributed by atoms with Crippen LogP contribution in [0.1, 0.15) is 19.8 Å². The zero-order valence-electron chi connectivity index (χ0n) is 4.42. The lowest BCUT2D eigenvalue weighted by atomic mass is 10.2. The van der Waals surface area contributed by atoms with E-state index in [1.807, 2.05) is 0 Å². The second-order valence-corrected chi connectivity index (χ2v) is 3.34. The zero-order chi connectivity index (χ0) is 5.28. The van der Waals surface area contributed by atoms with E-state index in [2.05, 4.69) is 6.92 Å². The third-order valence-electron chi connectivity index (χ3n) is 1.27. The van der Waals surface area contributed by atoms with Crippen molar-refractivity contribution in [1.82, 2.24) is 0 Å². The molecule has 0 saturated carbocycles. The largest absolute Gasteiger partial charge is 0.382 e. The first-order valence-electron chi connectivity index (χ1n) is 2.66. The molecule has 1 aliphatic heterocycles. The number of rotatable bonds is 1. The minimum absolute atomic E-state index is 0.0371. The Morgan fingerprint density at radius 2 is 2.43 bits per heavy atom. The Labute approximate surface area is 48.1 Å². The van der Waals surface area contributed by atoms with Crippen LogP contribution in [-0.4, -0.2) is 15.8 Å². The van der Waals surface area contributed by atoms with E-state index in [4.69, 9.17) is 5.11 Å². The summed E-state index contributed by atoms with van der Waals surface area (Å²) in [6.45, 7) is 2.16. The molecule has 0 spiro atoms. The predicted molar refractivity (Wildman–Crippen MR) is 32.3 cm³/mol. The zero-order valence-corrected chi connectivity index (χ0v) is 5.24. The van der Waals surface area contributed by atoms with Crippen LogP contribution in [0.5, 0.6) is 0 Å². The Morgan fingerprint density at radius 1 is 1.86 bits per heavy atom. The van der Waals surface area contributed by atoms with Gasteiger partial charge in [-0.15, -0.1) is 11.8 Å². The van der Waals surface area contributed by atoms with Crippen molar-refractivity contribution in [3.63, 3.8) is 0 Å². The number of hydrogen-bond donors (Lipinski definition) is 1. The average Bonchev–Trinajstić information content (AvgIpc) is 1.58. The van der Waals surface area contributed by atoms with Crippen molar-refractivity contribution in [2.45, 2.75) is 30.5 Å². The summed E-state index contributed by atoms with van der Waals surface area (Å²) in [5, 5.41) is 9.47. The van der Waals surface area contributed by atoms with Gasteiger partial charge in [-0.2, -0.15) is 0 Å². The van der Waals surface area contributed by atoms with Crippen LogP contribution in [0.15, 0.2) is 0 Å². The molecule has 0 aliphatic carbocycles. The molecule has 1 fully saturated rings. The molecule has 42 valence electrons. The van der Waals surface area contributed by atoms with Crippen LogP contribution in [0.4, 0.5) is 0 Å². The summed E-state index contributed by atoms with van der Waals surface area (Å²) in [4.78, 5) is 0. The van der Waals surface area contributed by atoms with E-state index in [1.54, 1.807) is 11.8 Å². The minimum atomic E-state index is -0.0371. The van der Waals surface area contributed by atoms with Crippen LogP contribution in [0.3, 0.4) is 0 Å². The Morgan fingerprint density at radius 3 is 2.57 bits per heavy atom. The lowest BCUT2D eigenvalue weighted by Gasteiger charge is -2.29. The summed E-state index contributed by atoms with van der Waals surface area (Å²) in [5.41, 5.74) is -0.0371. The van der Waals surface area contributed by atoms with Crippen molar-refractivity contribution in [2.75, 3.05) is 0 Å². The number of hydrogen-bond acceptors (Lipinski definition) is 2. The van der Waals surface area contributed by atoms with Crippen LogP contribution in [0.2, 0.25) is 0 Å².